The lowest BCUT2D eigenvalue weighted by atomic mass is 9.51. The second-order valence-electron chi connectivity index (χ2n) is 16.1. The van der Waals surface area contributed by atoms with Crippen molar-refractivity contribution in [3.8, 4) is 0 Å². The van der Waals surface area contributed by atoms with Gasteiger partial charge < -0.3 is 5.73 Å². The Hall–Kier alpha value is -0.0400. The lowest BCUT2D eigenvalue weighted by Gasteiger charge is -2.54. The van der Waals surface area contributed by atoms with Gasteiger partial charge in [0.15, 0.2) is 0 Å². The Bertz CT molecular complexity index is 710. The van der Waals surface area contributed by atoms with Crippen molar-refractivity contribution in [1.29, 1.82) is 0 Å². The summed E-state index contributed by atoms with van der Waals surface area (Å²) in [6, 6.07) is 0.274. The van der Waals surface area contributed by atoms with Crippen molar-refractivity contribution in [1.82, 2.24) is 0 Å². The Morgan fingerprint density at radius 1 is 0.750 bits per heavy atom. The molecule has 7 atom stereocenters. The van der Waals surface area contributed by atoms with Crippen molar-refractivity contribution in [3.05, 3.63) is 0 Å². The highest BCUT2D eigenvalue weighted by molar-refractivity contribution is 5.25. The molecule has 0 bridgehead atoms. The molecule has 190 valence electrons. The summed E-state index contributed by atoms with van der Waals surface area (Å²) in [4.78, 5) is 0. The molecule has 2 aliphatic rings. The van der Waals surface area contributed by atoms with E-state index in [9.17, 15) is 0 Å². The lowest BCUT2D eigenvalue weighted by molar-refractivity contribution is -0.0543. The average Bonchev–Trinajstić information content (AvgIpc) is 3.44. The number of nitrogens with two attached hydrogens (primary N) is 1. The molecule has 0 aromatic rings. The monoisotopic (exact) mass is 447 g/mol. The minimum absolute atomic E-state index is 0.261. The number of hydrogen-bond donors (Lipinski definition) is 1. The highest BCUT2D eigenvalue weighted by Gasteiger charge is 2.76. The van der Waals surface area contributed by atoms with Gasteiger partial charge in [0.25, 0.3) is 0 Å². The van der Waals surface area contributed by atoms with Crippen LogP contribution in [0.3, 0.4) is 0 Å². The third-order valence-corrected chi connectivity index (χ3v) is 14.1. The van der Waals surface area contributed by atoms with Crippen LogP contribution in [0.5, 0.6) is 0 Å². The zero-order valence-corrected chi connectivity index (χ0v) is 25.1. The van der Waals surface area contributed by atoms with Gasteiger partial charge in [-0.1, -0.05) is 117 Å². The smallest absolute Gasteiger partial charge is 0.0101 e. The van der Waals surface area contributed by atoms with E-state index in [2.05, 4.69) is 111 Å². The molecule has 1 heteroatoms. The van der Waals surface area contributed by atoms with E-state index in [-0.39, 0.29) is 27.7 Å². The summed E-state index contributed by atoms with van der Waals surface area (Å²) in [7, 11) is 0. The Balaban J connectivity index is 2.34. The van der Waals surface area contributed by atoms with Crippen LogP contribution in [-0.2, 0) is 0 Å². The van der Waals surface area contributed by atoms with E-state index in [1.807, 2.05) is 0 Å². The van der Waals surface area contributed by atoms with Crippen LogP contribution >= 0.6 is 0 Å². The molecule has 0 spiro atoms. The van der Waals surface area contributed by atoms with Crippen molar-refractivity contribution < 1.29 is 0 Å². The Morgan fingerprint density at radius 3 is 1.59 bits per heavy atom. The van der Waals surface area contributed by atoms with Crippen molar-refractivity contribution in [2.45, 2.75) is 143 Å². The van der Waals surface area contributed by atoms with Crippen molar-refractivity contribution in [2.24, 2.45) is 60.9 Å². The van der Waals surface area contributed by atoms with E-state index in [0.29, 0.717) is 33.5 Å². The fourth-order valence-corrected chi connectivity index (χ4v) is 8.46. The van der Waals surface area contributed by atoms with Crippen LogP contribution in [0.1, 0.15) is 136 Å². The summed E-state index contributed by atoms with van der Waals surface area (Å²) in [6.07, 6.45) is 4.97. The fraction of sp³-hybridized carbons (Fsp3) is 1.00. The van der Waals surface area contributed by atoms with Gasteiger partial charge >= 0.3 is 0 Å². The first-order valence-electron chi connectivity index (χ1n) is 13.7. The van der Waals surface area contributed by atoms with E-state index >= 15 is 0 Å². The molecule has 2 aliphatic carbocycles. The summed E-state index contributed by atoms with van der Waals surface area (Å²) in [5.74, 6) is 1.24. The third-order valence-electron chi connectivity index (χ3n) is 14.1. The molecule has 0 radical (unpaired) electrons. The maximum Gasteiger partial charge on any atom is 0.0101 e. The Morgan fingerprint density at radius 2 is 1.22 bits per heavy atom. The Kier molecular flexibility index (Phi) is 6.59. The van der Waals surface area contributed by atoms with E-state index in [0.717, 1.165) is 6.42 Å². The molecule has 2 rings (SSSR count). The zero-order chi connectivity index (χ0) is 25.6. The largest absolute Gasteiger partial charge is 0.327 e. The van der Waals surface area contributed by atoms with Gasteiger partial charge in [0, 0.05) is 6.04 Å². The molecule has 1 nitrogen and oxygen atoms in total. The van der Waals surface area contributed by atoms with Gasteiger partial charge in [-0.05, 0) is 74.4 Å². The lowest BCUT2D eigenvalue weighted by Crippen LogP contribution is -2.49. The van der Waals surface area contributed by atoms with Crippen molar-refractivity contribution in [2.75, 3.05) is 0 Å². The first-order chi connectivity index (χ1) is 14.0. The summed E-state index contributed by atoms with van der Waals surface area (Å²) >= 11 is 0. The zero-order valence-electron chi connectivity index (χ0n) is 25.1. The number of rotatable bonds is 9. The van der Waals surface area contributed by atoms with Crippen LogP contribution in [0.4, 0.5) is 0 Å². The number of hydrogen-bond acceptors (Lipinski definition) is 1. The standard InChI is InChI=1S/C31H61N/c1-17-25(8,9)28(13)19-27(28,12)23(32)18-22(4)31(16,21(2)3)30(15)20-29(30,14)26(10,11)24(5,6)7/h21-23H,17-20,32H2,1-16H3/t22-,23?,27?,28?,29?,30?,31?/m0/s1. The second kappa shape index (κ2) is 7.48. The molecule has 0 amide bonds. The normalized spacial score (nSPS) is 39.6. The van der Waals surface area contributed by atoms with Gasteiger partial charge in [-0.2, -0.15) is 0 Å². The third kappa shape index (κ3) is 3.32. The van der Waals surface area contributed by atoms with Gasteiger partial charge in [-0.15, -0.1) is 0 Å². The quantitative estimate of drug-likeness (QED) is 0.374. The maximum absolute atomic E-state index is 7.12. The van der Waals surface area contributed by atoms with E-state index < -0.39 is 0 Å². The summed E-state index contributed by atoms with van der Waals surface area (Å²) in [5, 5.41) is 0. The molecule has 32 heavy (non-hydrogen) atoms. The molecule has 6 unspecified atom stereocenters. The van der Waals surface area contributed by atoms with Gasteiger partial charge in [0.05, 0.1) is 0 Å². The summed E-state index contributed by atoms with van der Waals surface area (Å²) in [6.45, 7) is 39.9. The molecule has 2 N–H and O–H groups in total. The minimum Gasteiger partial charge on any atom is -0.327 e. The molecule has 0 aromatic carbocycles. The van der Waals surface area contributed by atoms with Crippen LogP contribution in [0.2, 0.25) is 0 Å². The molecular formula is C31H61N. The second-order valence-corrected chi connectivity index (χ2v) is 16.1. The predicted octanol–water partition coefficient (Wildman–Crippen LogP) is 9.34. The molecule has 0 heterocycles. The fourth-order valence-electron chi connectivity index (χ4n) is 8.46. The van der Waals surface area contributed by atoms with E-state index in [4.69, 9.17) is 5.73 Å². The maximum atomic E-state index is 7.12. The SMILES string of the molecule is CCC(C)(C)C1(C)CC1(C)C(N)C[C@H](C)C(C)(C(C)C)C1(C)CC1(C)C(C)(C)C(C)(C)C. The predicted molar refractivity (Wildman–Crippen MR) is 144 cm³/mol. The van der Waals surface area contributed by atoms with Crippen LogP contribution in [0.25, 0.3) is 0 Å². The van der Waals surface area contributed by atoms with Crippen LogP contribution in [0.15, 0.2) is 0 Å². The van der Waals surface area contributed by atoms with Gasteiger partial charge in [0.2, 0.25) is 0 Å². The highest BCUT2D eigenvalue weighted by Crippen LogP contribution is 2.83. The molecule has 0 aliphatic heterocycles. The van der Waals surface area contributed by atoms with Crippen LogP contribution in [0, 0.1) is 55.2 Å². The van der Waals surface area contributed by atoms with Gasteiger partial charge in [-0.3, -0.25) is 0 Å². The molecule has 0 saturated heterocycles. The van der Waals surface area contributed by atoms with Crippen LogP contribution < -0.4 is 5.73 Å². The van der Waals surface area contributed by atoms with E-state index in [1.54, 1.807) is 0 Å². The molecule has 0 aromatic heterocycles. The van der Waals surface area contributed by atoms with Crippen molar-refractivity contribution >= 4 is 0 Å². The van der Waals surface area contributed by atoms with Crippen LogP contribution in [-0.4, -0.2) is 6.04 Å². The van der Waals surface area contributed by atoms with Gasteiger partial charge in [-0.25, -0.2) is 0 Å². The summed E-state index contributed by atoms with van der Waals surface area (Å²) < 4.78 is 0. The first-order valence-corrected chi connectivity index (χ1v) is 13.7. The molecule has 2 fully saturated rings. The van der Waals surface area contributed by atoms with Crippen molar-refractivity contribution in [3.63, 3.8) is 0 Å². The average molecular weight is 448 g/mol. The summed E-state index contributed by atoms with van der Waals surface area (Å²) in [5.41, 5.74) is 9.60. The molecule has 2 saturated carbocycles. The topological polar surface area (TPSA) is 26.0 Å². The Labute approximate surface area is 203 Å². The highest BCUT2D eigenvalue weighted by atomic mass is 14.8. The first kappa shape index (κ1) is 28.2. The minimum atomic E-state index is 0.261. The molecular weight excluding hydrogens is 386 g/mol. The van der Waals surface area contributed by atoms with E-state index in [1.165, 1.54) is 19.3 Å². The van der Waals surface area contributed by atoms with Gasteiger partial charge in [0.1, 0.15) is 0 Å².